The molecule has 0 bridgehead atoms. The van der Waals surface area contributed by atoms with E-state index < -0.39 is 11.9 Å². The monoisotopic (exact) mass is 468 g/mol. The summed E-state index contributed by atoms with van der Waals surface area (Å²) in [5, 5.41) is 16.4. The molecule has 4 radical (unpaired) electrons. The van der Waals surface area contributed by atoms with Gasteiger partial charge in [0.2, 0.25) is 0 Å². The van der Waals surface area contributed by atoms with Crippen molar-refractivity contribution in [1.82, 2.24) is 0 Å². The fourth-order valence-electron chi connectivity index (χ4n) is 1.41. The number of hydrogen-bond acceptors (Lipinski definition) is 2. The molecule has 19 heavy (non-hydrogen) atoms. The van der Waals surface area contributed by atoms with Crippen molar-refractivity contribution in [3.63, 3.8) is 0 Å². The van der Waals surface area contributed by atoms with Gasteiger partial charge in [-0.2, -0.15) is 0 Å². The molecule has 0 amide bonds. The van der Waals surface area contributed by atoms with E-state index in [1.165, 1.54) is 12.8 Å². The minimum atomic E-state index is -0.675. The van der Waals surface area contributed by atoms with Crippen molar-refractivity contribution < 1.29 is 19.8 Å². The van der Waals surface area contributed by atoms with Gasteiger partial charge >= 0.3 is 11.9 Å². The van der Waals surface area contributed by atoms with Gasteiger partial charge < -0.3 is 10.2 Å². The zero-order valence-corrected chi connectivity index (χ0v) is 16.2. The number of carboxylic acid groups (broad SMARTS) is 2. The molecule has 0 aliphatic rings. The van der Waals surface area contributed by atoms with Crippen LogP contribution in [0.1, 0.15) is 78.1 Å². The van der Waals surface area contributed by atoms with E-state index in [0.717, 1.165) is 38.5 Å². The van der Waals surface area contributed by atoms with Gasteiger partial charge in [0.1, 0.15) is 0 Å². The molecule has 0 unspecified atom stereocenters. The number of carboxylic acids is 2. The van der Waals surface area contributed by atoms with Crippen LogP contribution in [0.5, 0.6) is 0 Å². The quantitative estimate of drug-likeness (QED) is 0.380. The molecule has 0 fully saturated rings. The van der Waals surface area contributed by atoms with Gasteiger partial charge in [0, 0.05) is 40.1 Å². The number of aliphatic carboxylic acids is 2. The van der Waals surface area contributed by atoms with Crippen LogP contribution in [0.3, 0.4) is 0 Å². The van der Waals surface area contributed by atoms with Crippen molar-refractivity contribution in [2.45, 2.75) is 78.1 Å². The molecule has 112 valence electrons. The molecule has 0 atom stereocenters. The number of carbonyl (C=O) groups is 2. The molecule has 0 rings (SSSR count). The summed E-state index contributed by atoms with van der Waals surface area (Å²) in [6.07, 6.45) is 9.11. The fraction of sp³-hybridized carbons (Fsp3) is 0.857. The molecule has 5 heteroatoms. The summed E-state index contributed by atoms with van der Waals surface area (Å²) < 4.78 is 0. The summed E-state index contributed by atoms with van der Waals surface area (Å²) in [5.41, 5.74) is 0. The first-order valence-corrected chi connectivity index (χ1v) is 6.98. The van der Waals surface area contributed by atoms with Gasteiger partial charge in [-0.1, -0.05) is 52.4 Å². The van der Waals surface area contributed by atoms with Gasteiger partial charge in [0.25, 0.3) is 0 Å². The molecule has 0 aliphatic heterocycles. The van der Waals surface area contributed by atoms with E-state index >= 15 is 0 Å². The number of rotatable bonds is 10. The maximum atomic E-state index is 9.96. The van der Waals surface area contributed by atoms with Crippen LogP contribution in [0, 0.1) is 0 Å². The predicted octanol–water partition coefficient (Wildman–Crippen LogP) is 3.70. The van der Waals surface area contributed by atoms with E-state index in [9.17, 15) is 9.59 Å². The Morgan fingerprint density at radius 1 is 0.684 bits per heavy atom. The fourth-order valence-corrected chi connectivity index (χ4v) is 1.41. The second-order valence-corrected chi connectivity index (χ2v) is 4.41. The van der Waals surface area contributed by atoms with Crippen molar-refractivity contribution in [3.8, 4) is 0 Å². The minimum absolute atomic E-state index is 0. The van der Waals surface area contributed by atoms with Crippen molar-refractivity contribution in [1.29, 1.82) is 0 Å². The van der Waals surface area contributed by atoms with Crippen LogP contribution in [0.2, 0.25) is 0 Å². The molecule has 0 spiro atoms. The van der Waals surface area contributed by atoms with Crippen LogP contribution < -0.4 is 0 Å². The third kappa shape index (κ3) is 31.9. The molecule has 0 saturated carbocycles. The maximum absolute atomic E-state index is 9.96. The summed E-state index contributed by atoms with van der Waals surface area (Å²) in [4.78, 5) is 19.9. The van der Waals surface area contributed by atoms with E-state index in [2.05, 4.69) is 13.8 Å². The Hall–Kier alpha value is -0.138. The predicted molar refractivity (Wildman–Crippen MR) is 78.5 cm³/mol. The molecule has 0 heterocycles. The molecule has 0 aromatic heterocycles. The summed E-state index contributed by atoms with van der Waals surface area (Å²) in [5.74, 6) is -1.35. The van der Waals surface area contributed by atoms with Crippen LogP contribution in [-0.2, 0) is 9.59 Å². The molecular weight excluding hydrogens is 439 g/mol. The first-order valence-electron chi connectivity index (χ1n) is 6.98. The summed E-state index contributed by atoms with van der Waals surface area (Å²) in [6.45, 7) is 4.22. The van der Waals surface area contributed by atoms with E-state index in [1.807, 2.05) is 0 Å². The van der Waals surface area contributed by atoms with E-state index in [0.29, 0.717) is 12.8 Å². The van der Waals surface area contributed by atoms with Crippen LogP contribution in [-0.4, -0.2) is 49.5 Å². The van der Waals surface area contributed by atoms with Gasteiger partial charge in [-0.05, 0) is 12.8 Å². The van der Waals surface area contributed by atoms with Crippen molar-refractivity contribution in [2.24, 2.45) is 0 Å². The van der Waals surface area contributed by atoms with Crippen molar-refractivity contribution >= 4 is 39.2 Å². The van der Waals surface area contributed by atoms with E-state index in [4.69, 9.17) is 10.2 Å². The Morgan fingerprint density at radius 2 is 1.00 bits per heavy atom. The van der Waals surface area contributed by atoms with Crippen LogP contribution >= 0.6 is 0 Å². The Bertz CT molecular complexity index is 186. The Kier molecular flexibility index (Phi) is 25.4. The van der Waals surface area contributed by atoms with Crippen LogP contribution in [0.15, 0.2) is 0 Å². The first kappa shape index (κ1) is 23.9. The van der Waals surface area contributed by atoms with Gasteiger partial charge in [-0.25, -0.2) is 0 Å². The van der Waals surface area contributed by atoms with Crippen molar-refractivity contribution in [3.05, 3.63) is 0 Å². The Balaban J connectivity index is -0.000000256. The molecule has 0 aliphatic carbocycles. The van der Waals surface area contributed by atoms with Crippen molar-refractivity contribution in [2.75, 3.05) is 0 Å². The van der Waals surface area contributed by atoms with Crippen LogP contribution in [0.25, 0.3) is 0 Å². The summed E-state index contributed by atoms with van der Waals surface area (Å²) >= 11 is 0. The van der Waals surface area contributed by atoms with Gasteiger partial charge in [0.15, 0.2) is 0 Å². The first-order chi connectivity index (χ1) is 8.54. The maximum Gasteiger partial charge on any atom is 0.303 e. The van der Waals surface area contributed by atoms with E-state index in [-0.39, 0.29) is 27.3 Å². The average molecular weight is 468 g/mol. The van der Waals surface area contributed by atoms with Gasteiger partial charge in [-0.3, -0.25) is 9.59 Å². The zero-order chi connectivity index (χ0) is 14.2. The Morgan fingerprint density at radius 3 is 1.21 bits per heavy atom. The molecular formula is C14H28O4Pb. The number of hydrogen-bond donors (Lipinski definition) is 2. The smallest absolute Gasteiger partial charge is 0.303 e. The summed E-state index contributed by atoms with van der Waals surface area (Å²) in [7, 11) is 0. The number of unbranched alkanes of at least 4 members (excludes halogenated alkanes) is 6. The largest absolute Gasteiger partial charge is 0.481 e. The third-order valence-electron chi connectivity index (χ3n) is 2.49. The Labute approximate surface area is 137 Å². The third-order valence-corrected chi connectivity index (χ3v) is 2.49. The molecule has 4 nitrogen and oxygen atoms in total. The second-order valence-electron chi connectivity index (χ2n) is 4.41. The second kappa shape index (κ2) is 20.2. The summed E-state index contributed by atoms with van der Waals surface area (Å²) in [6, 6.07) is 0. The topological polar surface area (TPSA) is 74.6 Å². The SMILES string of the molecule is CCCCCCC(=O)O.CCCCCCC(=O)O.[Pb]. The molecule has 0 aromatic rings. The normalized spacial score (nSPS) is 8.95. The molecule has 2 N–H and O–H groups in total. The zero-order valence-electron chi connectivity index (χ0n) is 12.3. The minimum Gasteiger partial charge on any atom is -0.481 e. The molecule has 0 saturated heterocycles. The molecule has 0 aromatic carbocycles. The average Bonchev–Trinajstić information content (AvgIpc) is 2.31. The van der Waals surface area contributed by atoms with Gasteiger partial charge in [0.05, 0.1) is 0 Å². The van der Waals surface area contributed by atoms with Crippen LogP contribution in [0.4, 0.5) is 0 Å². The van der Waals surface area contributed by atoms with Gasteiger partial charge in [-0.15, -0.1) is 0 Å². The van der Waals surface area contributed by atoms with E-state index in [1.54, 1.807) is 0 Å². The standard InChI is InChI=1S/2C7H14O2.Pb/c2*1-2-3-4-5-6-7(8)9;/h2*2-6H2,1H3,(H,8,9);.